The first-order valence-corrected chi connectivity index (χ1v) is 8.81. The Kier molecular flexibility index (Phi) is 4.56. The van der Waals surface area contributed by atoms with E-state index in [1.54, 1.807) is 49.0 Å². The fourth-order valence-electron chi connectivity index (χ4n) is 2.84. The zero-order valence-electron chi connectivity index (χ0n) is 16.0. The van der Waals surface area contributed by atoms with Crippen molar-refractivity contribution in [2.24, 2.45) is 0 Å². The second-order valence-electron chi connectivity index (χ2n) is 6.65. The van der Waals surface area contributed by atoms with Gasteiger partial charge in [0.25, 0.3) is 0 Å². The van der Waals surface area contributed by atoms with Crippen molar-refractivity contribution in [3.8, 4) is 17.7 Å². The van der Waals surface area contributed by atoms with E-state index in [-0.39, 0.29) is 5.82 Å². The van der Waals surface area contributed by atoms with Crippen LogP contribution in [0.2, 0.25) is 0 Å². The first kappa shape index (κ1) is 18.7. The van der Waals surface area contributed by atoms with Gasteiger partial charge in [0.1, 0.15) is 18.2 Å². The van der Waals surface area contributed by atoms with Crippen molar-refractivity contribution in [3.05, 3.63) is 59.3 Å². The number of aromatic nitrogens is 6. The van der Waals surface area contributed by atoms with Crippen molar-refractivity contribution in [1.82, 2.24) is 29.9 Å². The van der Waals surface area contributed by atoms with Crippen molar-refractivity contribution < 1.29 is 14.0 Å². The summed E-state index contributed by atoms with van der Waals surface area (Å²) in [6.45, 7) is 4.18. The molecule has 0 bridgehead atoms. The predicted molar refractivity (Wildman–Crippen MR) is 102 cm³/mol. The molecule has 1 atom stereocenters. The van der Waals surface area contributed by atoms with Crippen LogP contribution in [0.4, 0.5) is 4.39 Å². The maximum atomic E-state index is 13.5. The van der Waals surface area contributed by atoms with Crippen molar-refractivity contribution in [2.75, 3.05) is 0 Å². The Morgan fingerprint density at radius 2 is 2.07 bits per heavy atom. The third-order valence-corrected chi connectivity index (χ3v) is 4.28. The van der Waals surface area contributed by atoms with Gasteiger partial charge in [-0.3, -0.25) is 0 Å². The average molecular weight is 392 g/mol. The van der Waals surface area contributed by atoms with Crippen molar-refractivity contribution in [3.63, 3.8) is 0 Å². The maximum absolute atomic E-state index is 13.5. The summed E-state index contributed by atoms with van der Waals surface area (Å²) >= 11 is 0. The van der Waals surface area contributed by atoms with Crippen LogP contribution < -0.4 is 0 Å². The summed E-state index contributed by atoms with van der Waals surface area (Å²) < 4.78 is 19.9. The van der Waals surface area contributed by atoms with Gasteiger partial charge in [0.05, 0.1) is 5.52 Å². The third-order valence-electron chi connectivity index (χ3n) is 4.28. The van der Waals surface area contributed by atoms with E-state index in [1.807, 2.05) is 0 Å². The molecule has 0 spiro atoms. The SMILES string of the molecule is Cc1nccc(-n2nc(CF)c3ccc(C#C[C@@](C)(O)c4noc(C)n4)cc32)n1. The fourth-order valence-corrected chi connectivity index (χ4v) is 2.84. The Morgan fingerprint density at radius 1 is 1.24 bits per heavy atom. The Hall–Kier alpha value is -3.64. The molecule has 8 nitrogen and oxygen atoms in total. The van der Waals surface area contributed by atoms with Gasteiger partial charge in [-0.25, -0.2) is 19.0 Å². The van der Waals surface area contributed by atoms with Crippen molar-refractivity contribution >= 4 is 10.9 Å². The Bertz CT molecular complexity index is 1260. The van der Waals surface area contributed by atoms with Gasteiger partial charge in [0, 0.05) is 30.1 Å². The molecule has 0 aliphatic heterocycles. The van der Waals surface area contributed by atoms with Crippen LogP contribution >= 0.6 is 0 Å². The van der Waals surface area contributed by atoms with Gasteiger partial charge in [-0.05, 0) is 32.0 Å². The zero-order valence-corrected chi connectivity index (χ0v) is 16.0. The van der Waals surface area contributed by atoms with Crippen LogP contribution in [0.5, 0.6) is 0 Å². The molecule has 0 aliphatic carbocycles. The van der Waals surface area contributed by atoms with E-state index in [0.717, 1.165) is 0 Å². The van der Waals surface area contributed by atoms with Gasteiger partial charge >= 0.3 is 0 Å². The number of fused-ring (bicyclic) bond motifs is 1. The van der Waals surface area contributed by atoms with Gasteiger partial charge in [0.15, 0.2) is 11.4 Å². The van der Waals surface area contributed by atoms with Crippen LogP contribution in [-0.4, -0.2) is 35.0 Å². The van der Waals surface area contributed by atoms with Crippen LogP contribution in [0.15, 0.2) is 35.0 Å². The molecular weight excluding hydrogens is 375 g/mol. The molecule has 0 saturated carbocycles. The molecule has 0 amide bonds. The number of aryl methyl sites for hydroxylation is 2. The number of nitrogens with zero attached hydrogens (tertiary/aromatic N) is 6. The van der Waals surface area contributed by atoms with Crippen LogP contribution in [0, 0.1) is 25.7 Å². The highest BCUT2D eigenvalue weighted by atomic mass is 19.1. The quantitative estimate of drug-likeness (QED) is 0.535. The molecule has 29 heavy (non-hydrogen) atoms. The minimum Gasteiger partial charge on any atom is -0.371 e. The van der Waals surface area contributed by atoms with Crippen LogP contribution in [0.1, 0.15) is 35.7 Å². The zero-order chi connectivity index (χ0) is 20.6. The number of alkyl halides is 1. The minimum absolute atomic E-state index is 0.0878. The highest BCUT2D eigenvalue weighted by Crippen LogP contribution is 2.24. The maximum Gasteiger partial charge on any atom is 0.223 e. The van der Waals surface area contributed by atoms with E-state index in [1.165, 1.54) is 6.92 Å². The molecule has 3 aromatic heterocycles. The molecule has 0 saturated heterocycles. The lowest BCUT2D eigenvalue weighted by atomic mass is 10.1. The van der Waals surface area contributed by atoms with Crippen molar-refractivity contribution in [2.45, 2.75) is 33.0 Å². The van der Waals surface area contributed by atoms with Crippen LogP contribution in [0.25, 0.3) is 16.7 Å². The predicted octanol–water partition coefficient (Wildman–Crippen LogP) is 2.54. The van der Waals surface area contributed by atoms with E-state index < -0.39 is 12.3 Å². The average Bonchev–Trinajstić information content (AvgIpc) is 3.30. The summed E-state index contributed by atoms with van der Waals surface area (Å²) in [6.07, 6.45) is 1.62. The third kappa shape index (κ3) is 3.58. The molecule has 0 unspecified atom stereocenters. The summed E-state index contributed by atoms with van der Waals surface area (Å²) in [5, 5.41) is 19.3. The topological polar surface area (TPSA) is 103 Å². The van der Waals surface area contributed by atoms with Gasteiger partial charge < -0.3 is 9.63 Å². The van der Waals surface area contributed by atoms with Gasteiger partial charge in [-0.1, -0.05) is 17.0 Å². The monoisotopic (exact) mass is 392 g/mol. The second kappa shape index (κ2) is 7.07. The summed E-state index contributed by atoms with van der Waals surface area (Å²) in [5.74, 6) is 7.20. The first-order chi connectivity index (χ1) is 13.9. The molecule has 0 radical (unpaired) electrons. The number of aliphatic hydroxyl groups is 1. The van der Waals surface area contributed by atoms with E-state index in [0.29, 0.717) is 39.7 Å². The van der Waals surface area contributed by atoms with E-state index >= 15 is 0 Å². The van der Waals surface area contributed by atoms with Crippen molar-refractivity contribution in [1.29, 1.82) is 0 Å². The Morgan fingerprint density at radius 3 is 2.76 bits per heavy atom. The molecule has 4 rings (SSSR count). The standard InChI is InChI=1S/C20H17FN6O2/c1-12-22-9-7-18(23-12)27-17-10-14(4-5-15(17)16(11-21)25-27)6-8-20(3,28)19-24-13(2)29-26-19/h4-5,7,9-10,28H,11H2,1-3H3/t20-/m1/s1. The summed E-state index contributed by atoms with van der Waals surface area (Å²) in [7, 11) is 0. The molecule has 1 N–H and O–H groups in total. The Balaban J connectivity index is 1.79. The summed E-state index contributed by atoms with van der Waals surface area (Å²) in [6, 6.07) is 6.95. The van der Waals surface area contributed by atoms with E-state index in [2.05, 4.69) is 37.0 Å². The normalized spacial score (nSPS) is 13.1. The molecule has 0 fully saturated rings. The molecule has 4 aromatic rings. The minimum atomic E-state index is -1.58. The van der Waals surface area contributed by atoms with E-state index in [4.69, 9.17) is 4.52 Å². The van der Waals surface area contributed by atoms with Crippen LogP contribution in [-0.2, 0) is 12.3 Å². The van der Waals surface area contributed by atoms with Gasteiger partial charge in [0.2, 0.25) is 11.7 Å². The number of benzene rings is 1. The lowest BCUT2D eigenvalue weighted by molar-refractivity contribution is 0.108. The van der Waals surface area contributed by atoms with Gasteiger partial charge in [-0.15, -0.1) is 0 Å². The number of hydrogen-bond donors (Lipinski definition) is 1. The molecule has 0 aliphatic rings. The molecule has 146 valence electrons. The molecule has 1 aromatic carbocycles. The summed E-state index contributed by atoms with van der Waals surface area (Å²) in [5.41, 5.74) is -0.0149. The Labute approximate surface area is 165 Å². The number of rotatable bonds is 3. The highest BCUT2D eigenvalue weighted by Gasteiger charge is 2.26. The van der Waals surface area contributed by atoms with E-state index in [9.17, 15) is 9.50 Å². The number of halogens is 1. The van der Waals surface area contributed by atoms with Gasteiger partial charge in [-0.2, -0.15) is 10.1 Å². The summed E-state index contributed by atoms with van der Waals surface area (Å²) in [4.78, 5) is 12.5. The largest absolute Gasteiger partial charge is 0.371 e. The number of hydrogen-bond acceptors (Lipinski definition) is 7. The molecular formula is C20H17FN6O2. The first-order valence-electron chi connectivity index (χ1n) is 8.81. The second-order valence-corrected chi connectivity index (χ2v) is 6.65. The fraction of sp³-hybridized carbons (Fsp3) is 0.250. The highest BCUT2D eigenvalue weighted by molar-refractivity contribution is 5.84. The lowest BCUT2D eigenvalue weighted by Gasteiger charge is -2.10. The molecule has 9 heteroatoms. The van der Waals surface area contributed by atoms with Crippen LogP contribution in [0.3, 0.4) is 0 Å². The lowest BCUT2D eigenvalue weighted by Crippen LogP contribution is -2.20. The smallest absolute Gasteiger partial charge is 0.223 e. The molecule has 3 heterocycles.